The fourth-order valence-corrected chi connectivity index (χ4v) is 1.69. The van der Waals surface area contributed by atoms with Gasteiger partial charge in [0.2, 0.25) is 0 Å². The molecular formula is C12H19ClN2O. The van der Waals surface area contributed by atoms with Gasteiger partial charge in [0.05, 0.1) is 6.61 Å². The molecule has 1 atom stereocenters. The lowest BCUT2D eigenvalue weighted by molar-refractivity contribution is 0.196. The third-order valence-corrected chi connectivity index (χ3v) is 2.94. The highest BCUT2D eigenvalue weighted by atomic mass is 35.5. The quantitative estimate of drug-likeness (QED) is 0.749. The number of nitrogens with one attached hydrogen (secondary N) is 1. The van der Waals surface area contributed by atoms with E-state index >= 15 is 0 Å². The Morgan fingerprint density at radius 3 is 2.81 bits per heavy atom. The average Bonchev–Trinajstić information content (AvgIpc) is 2.29. The van der Waals surface area contributed by atoms with E-state index in [1.165, 1.54) is 0 Å². The SMILES string of the molecule is COCCNC(CN)c1ccc(C)c(Cl)c1. The predicted molar refractivity (Wildman–Crippen MR) is 67.9 cm³/mol. The van der Waals surface area contributed by atoms with Crippen molar-refractivity contribution >= 4 is 11.6 Å². The van der Waals surface area contributed by atoms with Crippen LogP contribution in [-0.2, 0) is 4.74 Å². The zero-order valence-electron chi connectivity index (χ0n) is 9.79. The Kier molecular flexibility index (Phi) is 5.77. The number of methoxy groups -OCH3 is 1. The van der Waals surface area contributed by atoms with E-state index in [9.17, 15) is 0 Å². The number of benzene rings is 1. The van der Waals surface area contributed by atoms with Crippen LogP contribution in [0.4, 0.5) is 0 Å². The van der Waals surface area contributed by atoms with Crippen LogP contribution in [0.2, 0.25) is 5.02 Å². The summed E-state index contributed by atoms with van der Waals surface area (Å²) in [6, 6.07) is 6.17. The Morgan fingerprint density at radius 2 is 2.25 bits per heavy atom. The molecule has 0 fully saturated rings. The number of hydrogen-bond acceptors (Lipinski definition) is 3. The van der Waals surface area contributed by atoms with Crippen LogP contribution in [0.3, 0.4) is 0 Å². The number of nitrogens with two attached hydrogens (primary N) is 1. The molecule has 0 radical (unpaired) electrons. The molecule has 0 bridgehead atoms. The smallest absolute Gasteiger partial charge is 0.0587 e. The molecule has 1 aromatic rings. The molecule has 90 valence electrons. The molecule has 16 heavy (non-hydrogen) atoms. The number of halogens is 1. The normalized spacial score (nSPS) is 12.8. The van der Waals surface area contributed by atoms with Crippen molar-refractivity contribution in [1.29, 1.82) is 0 Å². The first-order valence-electron chi connectivity index (χ1n) is 5.37. The van der Waals surface area contributed by atoms with Crippen molar-refractivity contribution in [1.82, 2.24) is 5.32 Å². The lowest BCUT2D eigenvalue weighted by atomic mass is 10.1. The summed E-state index contributed by atoms with van der Waals surface area (Å²) >= 11 is 6.08. The van der Waals surface area contributed by atoms with Crippen molar-refractivity contribution in [2.24, 2.45) is 5.73 Å². The van der Waals surface area contributed by atoms with E-state index in [1.807, 2.05) is 19.1 Å². The summed E-state index contributed by atoms with van der Waals surface area (Å²) in [6.45, 7) is 3.99. The van der Waals surface area contributed by atoms with Gasteiger partial charge in [0.15, 0.2) is 0 Å². The predicted octanol–water partition coefficient (Wildman–Crippen LogP) is 1.88. The minimum Gasteiger partial charge on any atom is -0.383 e. The Bertz CT molecular complexity index is 331. The Hall–Kier alpha value is -0.610. The van der Waals surface area contributed by atoms with Gasteiger partial charge < -0.3 is 15.8 Å². The first-order chi connectivity index (χ1) is 7.69. The van der Waals surface area contributed by atoms with Crippen molar-refractivity contribution < 1.29 is 4.74 Å². The number of ether oxygens (including phenoxy) is 1. The van der Waals surface area contributed by atoms with E-state index in [0.29, 0.717) is 13.2 Å². The van der Waals surface area contributed by atoms with Gasteiger partial charge in [0.1, 0.15) is 0 Å². The summed E-state index contributed by atoms with van der Waals surface area (Å²) in [5.74, 6) is 0. The first kappa shape index (κ1) is 13.5. The van der Waals surface area contributed by atoms with Gasteiger partial charge in [-0.05, 0) is 24.1 Å². The fourth-order valence-electron chi connectivity index (χ4n) is 1.50. The first-order valence-corrected chi connectivity index (χ1v) is 5.75. The van der Waals surface area contributed by atoms with Crippen molar-refractivity contribution in [2.75, 3.05) is 26.8 Å². The third kappa shape index (κ3) is 3.76. The van der Waals surface area contributed by atoms with Crippen molar-refractivity contribution in [2.45, 2.75) is 13.0 Å². The van der Waals surface area contributed by atoms with Gasteiger partial charge >= 0.3 is 0 Å². The maximum atomic E-state index is 6.08. The van der Waals surface area contributed by atoms with Gasteiger partial charge in [0.25, 0.3) is 0 Å². The number of rotatable bonds is 6. The van der Waals surface area contributed by atoms with E-state index < -0.39 is 0 Å². The molecule has 0 aromatic heterocycles. The highest BCUT2D eigenvalue weighted by Crippen LogP contribution is 2.20. The van der Waals surface area contributed by atoms with E-state index in [0.717, 1.165) is 22.7 Å². The summed E-state index contributed by atoms with van der Waals surface area (Å²) in [5.41, 5.74) is 7.93. The van der Waals surface area contributed by atoms with Crippen molar-refractivity contribution in [3.63, 3.8) is 0 Å². The van der Waals surface area contributed by atoms with E-state index in [2.05, 4.69) is 11.4 Å². The molecule has 0 aliphatic heterocycles. The van der Waals surface area contributed by atoms with E-state index in [4.69, 9.17) is 22.1 Å². The molecule has 0 saturated carbocycles. The Labute approximate surface area is 102 Å². The second-order valence-electron chi connectivity index (χ2n) is 3.74. The topological polar surface area (TPSA) is 47.3 Å². The lowest BCUT2D eigenvalue weighted by Gasteiger charge is -2.17. The van der Waals surface area contributed by atoms with Gasteiger partial charge in [-0.25, -0.2) is 0 Å². The third-order valence-electron chi connectivity index (χ3n) is 2.53. The van der Waals surface area contributed by atoms with Crippen molar-refractivity contribution in [3.05, 3.63) is 34.3 Å². The molecule has 3 nitrogen and oxygen atoms in total. The fraction of sp³-hybridized carbons (Fsp3) is 0.500. The molecule has 3 N–H and O–H groups in total. The largest absolute Gasteiger partial charge is 0.383 e. The van der Waals surface area contributed by atoms with Crippen LogP contribution in [0, 0.1) is 6.92 Å². The summed E-state index contributed by atoms with van der Waals surface area (Å²) in [4.78, 5) is 0. The highest BCUT2D eigenvalue weighted by molar-refractivity contribution is 6.31. The maximum Gasteiger partial charge on any atom is 0.0587 e. The Morgan fingerprint density at radius 1 is 1.50 bits per heavy atom. The second kappa shape index (κ2) is 6.86. The van der Waals surface area contributed by atoms with Gasteiger partial charge in [-0.1, -0.05) is 23.7 Å². The number of hydrogen-bond donors (Lipinski definition) is 2. The zero-order valence-corrected chi connectivity index (χ0v) is 10.6. The molecule has 0 aliphatic carbocycles. The van der Waals surface area contributed by atoms with Crippen LogP contribution in [0.1, 0.15) is 17.2 Å². The van der Waals surface area contributed by atoms with Crippen LogP contribution < -0.4 is 11.1 Å². The molecule has 1 unspecified atom stereocenters. The molecule has 1 aromatic carbocycles. The molecule has 0 heterocycles. The summed E-state index contributed by atoms with van der Waals surface area (Å²) < 4.78 is 4.99. The Balaban J connectivity index is 2.67. The van der Waals surface area contributed by atoms with Crippen LogP contribution in [0.5, 0.6) is 0 Å². The molecule has 1 rings (SSSR count). The zero-order chi connectivity index (χ0) is 12.0. The van der Waals surface area contributed by atoms with Gasteiger partial charge in [-0.3, -0.25) is 0 Å². The molecule has 0 amide bonds. The van der Waals surface area contributed by atoms with Crippen LogP contribution in [0.25, 0.3) is 0 Å². The van der Waals surface area contributed by atoms with Crippen LogP contribution in [-0.4, -0.2) is 26.8 Å². The van der Waals surface area contributed by atoms with Gasteiger partial charge in [-0.2, -0.15) is 0 Å². The molecule has 0 aliphatic rings. The molecule has 0 saturated heterocycles. The lowest BCUT2D eigenvalue weighted by Crippen LogP contribution is -2.30. The van der Waals surface area contributed by atoms with Gasteiger partial charge in [-0.15, -0.1) is 0 Å². The second-order valence-corrected chi connectivity index (χ2v) is 4.15. The summed E-state index contributed by atoms with van der Waals surface area (Å²) in [6.07, 6.45) is 0. The van der Waals surface area contributed by atoms with Crippen LogP contribution >= 0.6 is 11.6 Å². The average molecular weight is 243 g/mol. The monoisotopic (exact) mass is 242 g/mol. The van der Waals surface area contributed by atoms with E-state index in [-0.39, 0.29) is 6.04 Å². The maximum absolute atomic E-state index is 6.08. The molecule has 0 spiro atoms. The minimum absolute atomic E-state index is 0.133. The number of aryl methyl sites for hydroxylation is 1. The minimum atomic E-state index is 0.133. The molecular weight excluding hydrogens is 224 g/mol. The van der Waals surface area contributed by atoms with E-state index in [1.54, 1.807) is 7.11 Å². The molecule has 4 heteroatoms. The van der Waals surface area contributed by atoms with Gasteiger partial charge in [0, 0.05) is 31.3 Å². The summed E-state index contributed by atoms with van der Waals surface area (Å²) in [7, 11) is 1.68. The summed E-state index contributed by atoms with van der Waals surface area (Å²) in [5, 5.41) is 4.11. The standard InChI is InChI=1S/C12H19ClN2O/c1-9-3-4-10(7-11(9)13)12(8-14)15-5-6-16-2/h3-4,7,12,15H,5-6,8,14H2,1-2H3. The van der Waals surface area contributed by atoms with Crippen molar-refractivity contribution in [3.8, 4) is 0 Å². The highest BCUT2D eigenvalue weighted by Gasteiger charge is 2.09. The van der Waals surface area contributed by atoms with Crippen LogP contribution in [0.15, 0.2) is 18.2 Å².